The topological polar surface area (TPSA) is 0 Å². The third kappa shape index (κ3) is 3.75. The molecule has 4 rings (SSSR count). The largest absolute Gasteiger partial charge is 0.0861 e. The maximum atomic E-state index is 2.75. The Morgan fingerprint density at radius 3 is 2.39 bits per heavy atom. The van der Waals surface area contributed by atoms with Crippen LogP contribution >= 0.6 is 22.6 Å². The van der Waals surface area contributed by atoms with Gasteiger partial charge in [0.2, 0.25) is 0 Å². The minimum Gasteiger partial charge on any atom is -0.0861 e. The Morgan fingerprint density at radius 1 is 0.821 bits per heavy atom. The van der Waals surface area contributed by atoms with E-state index in [1.807, 2.05) is 0 Å². The average molecular weight is 499 g/mol. The maximum Gasteiger partial charge on any atom is 0.00210 e. The lowest BCUT2D eigenvalue weighted by atomic mass is 9.44. The van der Waals surface area contributed by atoms with Crippen molar-refractivity contribution in [2.75, 3.05) is 4.43 Å². The molecule has 9 atom stereocenters. The minimum absolute atomic E-state index is 0.674. The van der Waals surface area contributed by atoms with Crippen molar-refractivity contribution in [3.63, 3.8) is 0 Å². The van der Waals surface area contributed by atoms with Crippen molar-refractivity contribution in [2.24, 2.45) is 52.3 Å². The molecule has 4 aliphatic carbocycles. The van der Waals surface area contributed by atoms with Crippen LogP contribution in [0.4, 0.5) is 0 Å². The molecular weight excluding hydrogens is 451 g/mol. The SMILES string of the molecule is CC(CI)CCCC(C)[C@H]1CC[C@H]2[C@@H]3CCC4CCCC[C@]4(C)[C@H]3CC[C@]12C. The molecule has 162 valence electrons. The van der Waals surface area contributed by atoms with Crippen molar-refractivity contribution in [1.29, 1.82) is 0 Å². The van der Waals surface area contributed by atoms with E-state index in [0.29, 0.717) is 10.8 Å². The van der Waals surface area contributed by atoms with E-state index in [2.05, 4.69) is 50.3 Å². The van der Waals surface area contributed by atoms with Crippen LogP contribution in [0.25, 0.3) is 0 Å². The predicted octanol–water partition coefficient (Wildman–Crippen LogP) is 8.91. The summed E-state index contributed by atoms with van der Waals surface area (Å²) in [5.41, 5.74) is 1.38. The molecule has 0 aromatic rings. The molecule has 0 aromatic heterocycles. The second-order valence-electron chi connectivity index (χ2n) is 12.3. The van der Waals surface area contributed by atoms with Gasteiger partial charge >= 0.3 is 0 Å². The molecule has 0 nitrogen and oxygen atoms in total. The van der Waals surface area contributed by atoms with Crippen LogP contribution in [0, 0.1) is 52.3 Å². The first-order valence-electron chi connectivity index (χ1n) is 13.0. The van der Waals surface area contributed by atoms with E-state index in [4.69, 9.17) is 0 Å². The van der Waals surface area contributed by atoms with E-state index in [9.17, 15) is 0 Å². The van der Waals surface area contributed by atoms with Crippen molar-refractivity contribution in [1.82, 2.24) is 0 Å². The fourth-order valence-corrected chi connectivity index (χ4v) is 9.78. The van der Waals surface area contributed by atoms with Crippen LogP contribution in [0.1, 0.15) is 111 Å². The molecule has 0 aromatic carbocycles. The molecule has 0 bridgehead atoms. The van der Waals surface area contributed by atoms with E-state index < -0.39 is 0 Å². The van der Waals surface area contributed by atoms with Gasteiger partial charge in [0.1, 0.15) is 0 Å². The number of rotatable bonds is 6. The summed E-state index contributed by atoms with van der Waals surface area (Å²) in [4.78, 5) is 0. The maximum absolute atomic E-state index is 2.75. The van der Waals surface area contributed by atoms with Gasteiger partial charge in [-0.15, -0.1) is 0 Å². The van der Waals surface area contributed by atoms with E-state index >= 15 is 0 Å². The normalized spacial score (nSPS) is 47.7. The Labute approximate surface area is 189 Å². The lowest BCUT2D eigenvalue weighted by molar-refractivity contribution is -0.114. The Bertz CT molecular complexity index is 528. The summed E-state index contributed by atoms with van der Waals surface area (Å²) >= 11 is 2.57. The van der Waals surface area contributed by atoms with Gasteiger partial charge in [0, 0.05) is 4.43 Å². The van der Waals surface area contributed by atoms with Gasteiger partial charge in [0.05, 0.1) is 0 Å². The standard InChI is InChI=1S/C27H47I/c1-19(18-28)8-7-9-20(2)23-13-14-24-22-12-11-21-10-5-6-16-26(21,3)25(22)15-17-27(23,24)4/h19-25H,5-18H2,1-4H3/t19?,20?,21?,22-,23+,24-,25-,26-,27+/m0/s1. The fraction of sp³-hybridized carbons (Fsp3) is 1.00. The van der Waals surface area contributed by atoms with Gasteiger partial charge in [-0.3, -0.25) is 0 Å². The van der Waals surface area contributed by atoms with Crippen LogP contribution in [0.3, 0.4) is 0 Å². The number of hydrogen-bond acceptors (Lipinski definition) is 0. The summed E-state index contributed by atoms with van der Waals surface area (Å²) < 4.78 is 1.33. The van der Waals surface area contributed by atoms with Gasteiger partial charge < -0.3 is 0 Å². The summed E-state index contributed by atoms with van der Waals surface area (Å²) in [7, 11) is 0. The molecule has 0 amide bonds. The van der Waals surface area contributed by atoms with Crippen molar-refractivity contribution in [3.8, 4) is 0 Å². The third-order valence-electron chi connectivity index (χ3n) is 11.0. The number of halogens is 1. The summed E-state index contributed by atoms with van der Waals surface area (Å²) in [6, 6.07) is 0. The zero-order valence-corrected chi connectivity index (χ0v) is 21.5. The predicted molar refractivity (Wildman–Crippen MR) is 131 cm³/mol. The van der Waals surface area contributed by atoms with Crippen molar-refractivity contribution in [2.45, 2.75) is 111 Å². The lowest BCUT2D eigenvalue weighted by Gasteiger charge is -2.61. The summed E-state index contributed by atoms with van der Waals surface area (Å²) in [6.07, 6.45) is 19.9. The Morgan fingerprint density at radius 2 is 1.61 bits per heavy atom. The van der Waals surface area contributed by atoms with Gasteiger partial charge in [-0.05, 0) is 110 Å². The first kappa shape index (κ1) is 21.9. The summed E-state index contributed by atoms with van der Waals surface area (Å²) in [5.74, 6) is 7.17. The Balaban J connectivity index is 1.43. The first-order chi connectivity index (χ1) is 13.4. The molecular formula is C27H47I. The number of fused-ring (bicyclic) bond motifs is 5. The molecule has 0 aliphatic heterocycles. The van der Waals surface area contributed by atoms with Gasteiger partial charge in [-0.1, -0.05) is 76.0 Å². The molecule has 4 fully saturated rings. The van der Waals surface area contributed by atoms with Crippen LogP contribution in [0.5, 0.6) is 0 Å². The highest BCUT2D eigenvalue weighted by atomic mass is 127. The Hall–Kier alpha value is 0.730. The smallest absolute Gasteiger partial charge is 0.00210 e. The summed E-state index contributed by atoms with van der Waals surface area (Å²) in [6.45, 7) is 10.6. The van der Waals surface area contributed by atoms with Crippen LogP contribution in [0.2, 0.25) is 0 Å². The molecule has 4 aliphatic rings. The molecule has 0 N–H and O–H groups in total. The highest BCUT2D eigenvalue weighted by Gasteiger charge is 2.59. The number of alkyl halides is 1. The van der Waals surface area contributed by atoms with Gasteiger partial charge in [-0.25, -0.2) is 0 Å². The highest BCUT2D eigenvalue weighted by Crippen LogP contribution is 2.68. The molecule has 3 unspecified atom stereocenters. The molecule has 0 radical (unpaired) electrons. The minimum atomic E-state index is 0.674. The molecule has 4 saturated carbocycles. The summed E-state index contributed by atoms with van der Waals surface area (Å²) in [5, 5.41) is 0. The van der Waals surface area contributed by atoms with Crippen molar-refractivity contribution >= 4 is 22.6 Å². The number of hydrogen-bond donors (Lipinski definition) is 0. The van der Waals surface area contributed by atoms with Crippen molar-refractivity contribution in [3.05, 3.63) is 0 Å². The lowest BCUT2D eigenvalue weighted by Crippen LogP contribution is -2.53. The van der Waals surface area contributed by atoms with Gasteiger partial charge in [0.15, 0.2) is 0 Å². The fourth-order valence-electron chi connectivity index (χ4n) is 9.34. The molecule has 0 spiro atoms. The molecule has 0 saturated heterocycles. The molecule has 1 heteroatoms. The molecule has 28 heavy (non-hydrogen) atoms. The van der Waals surface area contributed by atoms with Crippen LogP contribution < -0.4 is 0 Å². The second-order valence-corrected chi connectivity index (χ2v) is 13.2. The third-order valence-corrected chi connectivity index (χ3v) is 12.5. The van der Waals surface area contributed by atoms with E-state index in [1.165, 1.54) is 36.5 Å². The zero-order chi connectivity index (χ0) is 19.9. The zero-order valence-electron chi connectivity index (χ0n) is 19.3. The van der Waals surface area contributed by atoms with Crippen LogP contribution in [-0.2, 0) is 0 Å². The first-order valence-corrected chi connectivity index (χ1v) is 14.5. The van der Waals surface area contributed by atoms with Gasteiger partial charge in [-0.2, -0.15) is 0 Å². The quantitative estimate of drug-likeness (QED) is 0.253. The van der Waals surface area contributed by atoms with Crippen LogP contribution in [-0.4, -0.2) is 4.43 Å². The van der Waals surface area contributed by atoms with E-state index in [-0.39, 0.29) is 0 Å². The van der Waals surface area contributed by atoms with E-state index in [1.54, 1.807) is 51.4 Å². The highest BCUT2D eigenvalue weighted by molar-refractivity contribution is 14.1. The average Bonchev–Trinajstić information content (AvgIpc) is 3.04. The van der Waals surface area contributed by atoms with Crippen molar-refractivity contribution < 1.29 is 0 Å². The van der Waals surface area contributed by atoms with Crippen LogP contribution in [0.15, 0.2) is 0 Å². The molecule has 0 heterocycles. The van der Waals surface area contributed by atoms with Gasteiger partial charge in [0.25, 0.3) is 0 Å². The second kappa shape index (κ2) is 8.70. The Kier molecular flexibility index (Phi) is 6.82. The van der Waals surface area contributed by atoms with E-state index in [0.717, 1.165) is 41.4 Å². The monoisotopic (exact) mass is 498 g/mol.